The summed E-state index contributed by atoms with van der Waals surface area (Å²) in [6.07, 6.45) is 0.968. The number of nitrogens with one attached hydrogen (secondary N) is 1. The minimum Gasteiger partial charge on any atom is -0.346 e. The van der Waals surface area contributed by atoms with Crippen LogP contribution < -0.4 is 0 Å². The number of nitrogens with zero attached hydrogens (tertiary/aromatic N) is 5. The van der Waals surface area contributed by atoms with Crippen molar-refractivity contribution >= 4 is 33.0 Å². The molecule has 1 N–H and O–H groups in total. The van der Waals surface area contributed by atoms with E-state index >= 15 is 0 Å². The summed E-state index contributed by atoms with van der Waals surface area (Å²) < 4.78 is 41.0. The summed E-state index contributed by atoms with van der Waals surface area (Å²) in [4.78, 5) is 16.7. The first-order valence-electron chi connectivity index (χ1n) is 11.9. The predicted molar refractivity (Wildman–Crippen MR) is 142 cm³/mol. The molecule has 0 aliphatic rings. The van der Waals surface area contributed by atoms with Crippen LogP contribution in [0.3, 0.4) is 0 Å². The van der Waals surface area contributed by atoms with E-state index in [0.717, 1.165) is 50.7 Å². The highest BCUT2D eigenvalue weighted by atomic mass is 19.4. The summed E-state index contributed by atoms with van der Waals surface area (Å²) >= 11 is 0. The average molecular weight is 513 g/mol. The second-order valence-corrected chi connectivity index (χ2v) is 9.19. The normalized spacial score (nSPS) is 11.6. The molecule has 2 aromatic carbocycles. The van der Waals surface area contributed by atoms with Crippen LogP contribution in [0.5, 0.6) is 0 Å². The molecule has 0 fully saturated rings. The molecule has 4 heterocycles. The Morgan fingerprint density at radius 1 is 0.921 bits per heavy atom. The van der Waals surface area contributed by atoms with Gasteiger partial charge in [0.1, 0.15) is 17.0 Å². The number of aromatic amines is 1. The third-order valence-electron chi connectivity index (χ3n) is 6.09. The predicted octanol–water partition coefficient (Wildman–Crippen LogP) is 7.61. The first-order chi connectivity index (χ1) is 18.2. The lowest BCUT2D eigenvalue weighted by Crippen LogP contribution is -2.05. The van der Waals surface area contributed by atoms with Gasteiger partial charge in [-0.3, -0.25) is 9.55 Å². The van der Waals surface area contributed by atoms with Crippen molar-refractivity contribution in [1.82, 2.24) is 24.5 Å². The lowest BCUT2D eigenvalue weighted by atomic mass is 10.0. The molecule has 9 heteroatoms. The summed E-state index contributed by atoms with van der Waals surface area (Å²) in [5.74, 6) is 0.856. The molecule has 0 amide bonds. The van der Waals surface area contributed by atoms with Crippen LogP contribution in [0.2, 0.25) is 0 Å². The average Bonchev–Trinajstić information content (AvgIpc) is 3.51. The molecule has 6 nitrogen and oxygen atoms in total. The Morgan fingerprint density at radius 2 is 1.66 bits per heavy atom. The van der Waals surface area contributed by atoms with Crippen LogP contribution >= 0.6 is 0 Å². The van der Waals surface area contributed by atoms with E-state index in [1.807, 2.05) is 68.1 Å². The molecule has 0 bridgehead atoms. The Labute approximate surface area is 216 Å². The first kappa shape index (κ1) is 25.0. The summed E-state index contributed by atoms with van der Waals surface area (Å²) in [5, 5.41) is 9.76. The lowest BCUT2D eigenvalue weighted by molar-refractivity contribution is -0.137. The fourth-order valence-corrected chi connectivity index (χ4v) is 4.26. The smallest absolute Gasteiger partial charge is 0.346 e. The summed E-state index contributed by atoms with van der Waals surface area (Å²) in [7, 11) is 0. The van der Waals surface area contributed by atoms with Gasteiger partial charge in [-0.1, -0.05) is 6.07 Å². The molecule has 6 rings (SSSR count). The third kappa shape index (κ3) is 4.68. The maximum Gasteiger partial charge on any atom is 0.416 e. The number of halogens is 3. The molecule has 0 unspecified atom stereocenters. The number of rotatable bonds is 2. The minimum absolute atomic E-state index is 0.190. The molecule has 38 heavy (non-hydrogen) atoms. The molecule has 6 aromatic rings. The van der Waals surface area contributed by atoms with Gasteiger partial charge >= 0.3 is 6.18 Å². The first-order valence-corrected chi connectivity index (χ1v) is 11.9. The summed E-state index contributed by atoms with van der Waals surface area (Å²) in [6, 6.07) is 17.1. The number of hydrogen-bond donors (Lipinski definition) is 1. The standard InChI is InChI=1S/C25H16F3N5.C4H7N/c1-14-32-22-13-30-21-7-2-15(17-10-16-8-9-29-24(16)31-12-17)11-20(21)23(22)33(14)19-5-3-18(4-6-19)25(26,27)28;1-4(2)3-5/h2-13H,1H3,(H,29,31);4H,1-2H3. The molecule has 0 saturated carbocycles. The molecule has 4 aromatic heterocycles. The van der Waals surface area contributed by atoms with Crippen molar-refractivity contribution < 1.29 is 13.2 Å². The highest BCUT2D eigenvalue weighted by molar-refractivity contribution is 6.04. The molecule has 190 valence electrons. The van der Waals surface area contributed by atoms with Gasteiger partial charge in [0.15, 0.2) is 0 Å². The second-order valence-electron chi connectivity index (χ2n) is 9.19. The zero-order valence-electron chi connectivity index (χ0n) is 20.9. The van der Waals surface area contributed by atoms with Gasteiger partial charge in [-0.25, -0.2) is 9.97 Å². The molecule has 0 saturated heterocycles. The molecular weight excluding hydrogens is 489 g/mol. The topological polar surface area (TPSA) is 83.2 Å². The Bertz CT molecular complexity index is 1800. The largest absolute Gasteiger partial charge is 0.416 e. The molecular formula is C29H23F3N6. The van der Waals surface area contributed by atoms with E-state index in [0.29, 0.717) is 17.0 Å². The Balaban J connectivity index is 0.000000540. The second kappa shape index (κ2) is 9.63. The number of nitriles is 1. The molecule has 0 atom stereocenters. The zero-order chi connectivity index (χ0) is 27.0. The van der Waals surface area contributed by atoms with E-state index in [4.69, 9.17) is 5.26 Å². The quantitative estimate of drug-likeness (QED) is 0.259. The van der Waals surface area contributed by atoms with Crippen molar-refractivity contribution in [2.24, 2.45) is 5.92 Å². The Morgan fingerprint density at radius 3 is 2.34 bits per heavy atom. The van der Waals surface area contributed by atoms with Crippen molar-refractivity contribution in [3.05, 3.63) is 84.6 Å². The van der Waals surface area contributed by atoms with Gasteiger partial charge in [-0.05, 0) is 74.9 Å². The van der Waals surface area contributed by atoms with Crippen LogP contribution in [-0.2, 0) is 6.18 Å². The molecule has 0 aliphatic heterocycles. The monoisotopic (exact) mass is 512 g/mol. The number of aromatic nitrogens is 5. The van der Waals surface area contributed by atoms with Gasteiger partial charge in [0, 0.05) is 40.3 Å². The van der Waals surface area contributed by atoms with E-state index in [-0.39, 0.29) is 5.92 Å². The summed E-state index contributed by atoms with van der Waals surface area (Å²) in [6.45, 7) is 5.55. The number of aryl methyl sites for hydroxylation is 1. The zero-order valence-corrected chi connectivity index (χ0v) is 20.9. The SMILES string of the molecule is CC(C)C#N.Cc1nc2cnc3ccc(-c4cnc5[nH]ccc5c4)cc3c2n1-c1ccc(C(F)(F)F)cc1. The highest BCUT2D eigenvalue weighted by Gasteiger charge is 2.30. The van der Waals surface area contributed by atoms with Gasteiger partial charge in [-0.15, -0.1) is 0 Å². The van der Waals surface area contributed by atoms with E-state index in [2.05, 4.69) is 26.0 Å². The van der Waals surface area contributed by atoms with Crippen molar-refractivity contribution in [3.63, 3.8) is 0 Å². The van der Waals surface area contributed by atoms with E-state index in [1.54, 1.807) is 6.20 Å². The van der Waals surface area contributed by atoms with Crippen LogP contribution in [0, 0.1) is 24.2 Å². The van der Waals surface area contributed by atoms with Gasteiger partial charge < -0.3 is 4.98 Å². The highest BCUT2D eigenvalue weighted by Crippen LogP contribution is 2.33. The van der Waals surface area contributed by atoms with Crippen molar-refractivity contribution in [2.45, 2.75) is 26.9 Å². The van der Waals surface area contributed by atoms with Gasteiger partial charge in [0.05, 0.1) is 28.9 Å². The third-order valence-corrected chi connectivity index (χ3v) is 6.09. The number of fused-ring (bicyclic) bond motifs is 4. The molecule has 0 radical (unpaired) electrons. The minimum atomic E-state index is -4.38. The number of imidazole rings is 1. The number of H-pyrrole nitrogens is 1. The van der Waals surface area contributed by atoms with E-state index < -0.39 is 11.7 Å². The van der Waals surface area contributed by atoms with Crippen LogP contribution in [0.25, 0.3) is 49.8 Å². The molecule has 0 aliphatic carbocycles. The van der Waals surface area contributed by atoms with Crippen molar-refractivity contribution in [2.75, 3.05) is 0 Å². The van der Waals surface area contributed by atoms with Crippen LogP contribution in [-0.4, -0.2) is 24.5 Å². The maximum absolute atomic E-state index is 13.1. The van der Waals surface area contributed by atoms with Crippen molar-refractivity contribution in [3.8, 4) is 22.9 Å². The van der Waals surface area contributed by atoms with Crippen LogP contribution in [0.15, 0.2) is 73.2 Å². The van der Waals surface area contributed by atoms with Crippen LogP contribution in [0.4, 0.5) is 13.2 Å². The van der Waals surface area contributed by atoms with Gasteiger partial charge in [-0.2, -0.15) is 18.4 Å². The van der Waals surface area contributed by atoms with Crippen LogP contribution in [0.1, 0.15) is 25.2 Å². The fourth-order valence-electron chi connectivity index (χ4n) is 4.26. The summed E-state index contributed by atoms with van der Waals surface area (Å²) in [5.41, 5.74) is 4.91. The Kier molecular flexibility index (Phi) is 6.33. The maximum atomic E-state index is 13.1. The number of alkyl halides is 3. The number of pyridine rings is 2. The van der Waals surface area contributed by atoms with Gasteiger partial charge in [0.25, 0.3) is 0 Å². The lowest BCUT2D eigenvalue weighted by Gasteiger charge is -2.12. The fraction of sp³-hybridized carbons (Fsp3) is 0.172. The number of benzene rings is 2. The van der Waals surface area contributed by atoms with E-state index in [9.17, 15) is 13.2 Å². The van der Waals surface area contributed by atoms with E-state index in [1.165, 1.54) is 12.1 Å². The van der Waals surface area contributed by atoms with Gasteiger partial charge in [0.2, 0.25) is 0 Å². The number of hydrogen-bond acceptors (Lipinski definition) is 4. The van der Waals surface area contributed by atoms with Crippen molar-refractivity contribution in [1.29, 1.82) is 5.26 Å². The molecule has 0 spiro atoms. The Hall–Kier alpha value is -4.71.